The Balaban J connectivity index is 1.60. The smallest absolute Gasteiger partial charge is 0.333 e. The molecule has 258 valence electrons. The number of hydrogen-bond donors (Lipinski definition) is 1. The van der Waals surface area contributed by atoms with Crippen LogP contribution in [0, 0.1) is 50.2 Å². The lowest BCUT2D eigenvalue weighted by molar-refractivity contribution is -0.242. The molecule has 0 radical (unpaired) electrons. The van der Waals surface area contributed by atoms with E-state index in [0.717, 1.165) is 38.5 Å². The molecule has 0 aromatic rings. The van der Waals surface area contributed by atoms with Crippen LogP contribution in [0.2, 0.25) is 0 Å². The number of aliphatic hydroxyl groups excluding tert-OH is 1. The minimum atomic E-state index is -0.926. The van der Waals surface area contributed by atoms with Gasteiger partial charge in [-0.05, 0) is 105 Å². The first-order valence-electron chi connectivity index (χ1n) is 17.7. The number of esters is 3. The lowest BCUT2D eigenvalue weighted by Gasteiger charge is -2.72. The molecule has 0 heterocycles. The monoisotopic (exact) mass is 640 g/mol. The Hall–Kier alpha value is -2.15. The van der Waals surface area contributed by atoms with E-state index in [-0.39, 0.29) is 57.6 Å². The van der Waals surface area contributed by atoms with Crippen molar-refractivity contribution < 1.29 is 33.7 Å². The van der Waals surface area contributed by atoms with Crippen LogP contribution in [0.1, 0.15) is 128 Å². The molecule has 0 saturated heterocycles. The number of ether oxygens (including phenoxy) is 3. The third kappa shape index (κ3) is 5.11. The van der Waals surface area contributed by atoms with E-state index in [1.165, 1.54) is 19.4 Å². The molecule has 5 aliphatic rings. The first kappa shape index (κ1) is 35.2. The summed E-state index contributed by atoms with van der Waals surface area (Å²) in [6.07, 6.45) is 9.58. The number of carbonyl (C=O) groups is 3. The highest BCUT2D eigenvalue weighted by molar-refractivity contribution is 5.87. The molecule has 4 fully saturated rings. The van der Waals surface area contributed by atoms with Crippen LogP contribution in [0.5, 0.6) is 0 Å². The van der Waals surface area contributed by atoms with Gasteiger partial charge in [-0.1, -0.05) is 66.2 Å². The number of carbonyl (C=O) groups excluding carboxylic acids is 3. The standard InChI is InChI=1S/C39H60O7/c1-12-23(2)33(43)46-32-21-34(5,6)19-27-26-13-14-29-36(9)17-16-31(45-25(4)41)35(7,8)28(36)15-18-37(29,10)38(26,11)20-30(42)39(27,32)22-44-24(3)40/h12-13,27-32,42H,14-22H2,1-11H3. The van der Waals surface area contributed by atoms with Gasteiger partial charge in [-0.2, -0.15) is 0 Å². The lowest BCUT2D eigenvalue weighted by Crippen LogP contribution is -2.69. The van der Waals surface area contributed by atoms with Crippen molar-refractivity contribution in [2.24, 2.45) is 50.2 Å². The van der Waals surface area contributed by atoms with Crippen molar-refractivity contribution in [3.63, 3.8) is 0 Å². The second-order valence-corrected chi connectivity index (χ2v) is 17.9. The quantitative estimate of drug-likeness (QED) is 0.142. The van der Waals surface area contributed by atoms with Gasteiger partial charge >= 0.3 is 17.9 Å². The van der Waals surface area contributed by atoms with Crippen molar-refractivity contribution >= 4 is 17.9 Å². The third-order valence-corrected chi connectivity index (χ3v) is 14.6. The van der Waals surface area contributed by atoms with E-state index in [1.54, 1.807) is 13.0 Å². The Morgan fingerprint density at radius 2 is 1.54 bits per heavy atom. The predicted molar refractivity (Wildman–Crippen MR) is 177 cm³/mol. The summed E-state index contributed by atoms with van der Waals surface area (Å²) in [6.45, 7) is 22.9. The maximum absolute atomic E-state index is 13.3. The van der Waals surface area contributed by atoms with Crippen LogP contribution in [0.15, 0.2) is 23.3 Å². The van der Waals surface area contributed by atoms with Gasteiger partial charge in [0.15, 0.2) is 0 Å². The van der Waals surface area contributed by atoms with Crippen LogP contribution in [0.3, 0.4) is 0 Å². The van der Waals surface area contributed by atoms with Crippen molar-refractivity contribution in [1.82, 2.24) is 0 Å². The van der Waals surface area contributed by atoms with Crippen LogP contribution < -0.4 is 0 Å². The second-order valence-electron chi connectivity index (χ2n) is 17.9. The molecule has 5 aliphatic carbocycles. The molecule has 0 aliphatic heterocycles. The predicted octanol–water partition coefficient (Wildman–Crippen LogP) is 7.74. The maximum Gasteiger partial charge on any atom is 0.333 e. The van der Waals surface area contributed by atoms with Crippen LogP contribution in [0.25, 0.3) is 0 Å². The highest BCUT2D eigenvalue weighted by atomic mass is 16.6. The van der Waals surface area contributed by atoms with Gasteiger partial charge < -0.3 is 19.3 Å². The van der Waals surface area contributed by atoms with Gasteiger partial charge in [0.25, 0.3) is 0 Å². The fourth-order valence-electron chi connectivity index (χ4n) is 12.0. The zero-order chi connectivity index (χ0) is 34.3. The van der Waals surface area contributed by atoms with Gasteiger partial charge in [-0.3, -0.25) is 9.59 Å². The van der Waals surface area contributed by atoms with Gasteiger partial charge in [0.1, 0.15) is 18.8 Å². The van der Waals surface area contributed by atoms with E-state index in [2.05, 4.69) is 54.5 Å². The summed E-state index contributed by atoms with van der Waals surface area (Å²) in [5.74, 6) is -0.258. The number of rotatable bonds is 5. The van der Waals surface area contributed by atoms with Gasteiger partial charge in [0.2, 0.25) is 0 Å². The van der Waals surface area contributed by atoms with Crippen molar-refractivity contribution in [2.75, 3.05) is 6.61 Å². The van der Waals surface area contributed by atoms with E-state index in [0.29, 0.717) is 30.3 Å². The van der Waals surface area contributed by atoms with E-state index >= 15 is 0 Å². The van der Waals surface area contributed by atoms with E-state index in [1.807, 2.05) is 6.92 Å². The Bertz CT molecular complexity index is 1330. The van der Waals surface area contributed by atoms with Crippen molar-refractivity contribution in [3.8, 4) is 0 Å². The highest BCUT2D eigenvalue weighted by Gasteiger charge is 2.72. The fraction of sp³-hybridized carbons (Fsp3) is 0.821. The molecular formula is C39H60O7. The minimum absolute atomic E-state index is 0.0240. The molecule has 1 N–H and O–H groups in total. The summed E-state index contributed by atoms with van der Waals surface area (Å²) in [5, 5.41) is 12.6. The Morgan fingerprint density at radius 1 is 0.870 bits per heavy atom. The minimum Gasteiger partial charge on any atom is -0.465 e. The summed E-state index contributed by atoms with van der Waals surface area (Å²) >= 11 is 0. The van der Waals surface area contributed by atoms with E-state index in [4.69, 9.17) is 14.2 Å². The molecule has 10 unspecified atom stereocenters. The van der Waals surface area contributed by atoms with Crippen molar-refractivity contribution in [2.45, 2.75) is 146 Å². The Labute approximate surface area is 277 Å². The SMILES string of the molecule is CC=C(C)C(=O)OC1CC(C)(C)CC2C3=CCC4C5(C)CCC(OC(C)=O)C(C)(C)C5CCC4(C)C3(C)CC(O)C12COC(C)=O. The van der Waals surface area contributed by atoms with Gasteiger partial charge in [-0.25, -0.2) is 4.79 Å². The average Bonchev–Trinajstić information content (AvgIpc) is 2.93. The summed E-state index contributed by atoms with van der Waals surface area (Å²) < 4.78 is 18.0. The Morgan fingerprint density at radius 3 is 2.15 bits per heavy atom. The van der Waals surface area contributed by atoms with Crippen LogP contribution in [-0.4, -0.2) is 47.9 Å². The van der Waals surface area contributed by atoms with Crippen LogP contribution in [0.4, 0.5) is 0 Å². The Kier molecular flexibility index (Phi) is 8.78. The molecule has 7 heteroatoms. The number of allylic oxidation sites excluding steroid dienone is 3. The number of aliphatic hydroxyl groups is 1. The zero-order valence-corrected chi connectivity index (χ0v) is 30.4. The van der Waals surface area contributed by atoms with Crippen LogP contribution in [-0.2, 0) is 28.6 Å². The van der Waals surface area contributed by atoms with Gasteiger partial charge in [0.05, 0.1) is 11.5 Å². The number of hydrogen-bond acceptors (Lipinski definition) is 7. The molecule has 5 rings (SSSR count). The highest BCUT2D eigenvalue weighted by Crippen LogP contribution is 2.76. The maximum atomic E-state index is 13.3. The summed E-state index contributed by atoms with van der Waals surface area (Å²) in [7, 11) is 0. The molecule has 46 heavy (non-hydrogen) atoms. The molecule has 0 amide bonds. The van der Waals surface area contributed by atoms with E-state index in [9.17, 15) is 19.5 Å². The van der Waals surface area contributed by atoms with E-state index < -0.39 is 23.6 Å². The fourth-order valence-corrected chi connectivity index (χ4v) is 12.0. The van der Waals surface area contributed by atoms with Crippen molar-refractivity contribution in [1.29, 1.82) is 0 Å². The average molecular weight is 641 g/mol. The largest absolute Gasteiger partial charge is 0.465 e. The normalized spacial score (nSPS) is 44.3. The van der Waals surface area contributed by atoms with Crippen molar-refractivity contribution in [3.05, 3.63) is 23.3 Å². The molecule has 0 aromatic carbocycles. The first-order chi connectivity index (χ1) is 21.2. The van der Waals surface area contributed by atoms with Gasteiger partial charge in [0, 0.05) is 24.8 Å². The molecule has 0 aromatic heterocycles. The molecule has 7 nitrogen and oxygen atoms in total. The molecular weight excluding hydrogens is 580 g/mol. The zero-order valence-electron chi connectivity index (χ0n) is 30.4. The molecule has 10 atom stereocenters. The molecule has 0 bridgehead atoms. The topological polar surface area (TPSA) is 99.1 Å². The molecule has 0 spiro atoms. The summed E-state index contributed by atoms with van der Waals surface area (Å²) in [6, 6.07) is 0. The first-order valence-corrected chi connectivity index (χ1v) is 17.7. The van der Waals surface area contributed by atoms with Gasteiger partial charge in [-0.15, -0.1) is 0 Å². The second kappa shape index (κ2) is 11.5. The summed E-state index contributed by atoms with van der Waals surface area (Å²) in [4.78, 5) is 37.6. The third-order valence-electron chi connectivity index (χ3n) is 14.6. The molecule has 4 saturated carbocycles. The van der Waals surface area contributed by atoms with Crippen LogP contribution >= 0.6 is 0 Å². The lowest BCUT2D eigenvalue weighted by atomic mass is 9.33. The number of fused-ring (bicyclic) bond motifs is 7. The summed E-state index contributed by atoms with van der Waals surface area (Å²) in [5.41, 5.74) is 0.372.